The summed E-state index contributed by atoms with van der Waals surface area (Å²) in [6, 6.07) is 4.94. The van der Waals surface area contributed by atoms with E-state index in [0.717, 1.165) is 0 Å². The summed E-state index contributed by atoms with van der Waals surface area (Å²) in [5.41, 5.74) is -0.240. The highest BCUT2D eigenvalue weighted by Gasteiger charge is 2.14. The number of para-hydroxylation sites is 1. The van der Waals surface area contributed by atoms with Crippen LogP contribution in [0.2, 0.25) is 15.1 Å². The van der Waals surface area contributed by atoms with Crippen LogP contribution in [-0.4, -0.2) is 20.9 Å². The summed E-state index contributed by atoms with van der Waals surface area (Å²) in [5, 5.41) is 13.3. The summed E-state index contributed by atoms with van der Waals surface area (Å²) in [5.74, 6) is -0.908. The molecule has 0 saturated carbocycles. The van der Waals surface area contributed by atoms with Crippen LogP contribution in [0.1, 0.15) is 10.5 Å². The molecule has 0 aliphatic carbocycles. The number of halogens is 3. The largest absolute Gasteiger partial charge is 0.476 e. The zero-order valence-electron chi connectivity index (χ0n) is 9.31. The fraction of sp³-hybridized carbons (Fsp3) is 0.0909. The van der Waals surface area contributed by atoms with Gasteiger partial charge in [0.2, 0.25) is 0 Å². The molecule has 8 heteroatoms. The average molecular weight is 322 g/mol. The second-order valence-corrected chi connectivity index (χ2v) is 4.72. The van der Waals surface area contributed by atoms with E-state index in [0.29, 0.717) is 15.8 Å². The Morgan fingerprint density at radius 2 is 1.89 bits per heavy atom. The molecule has 0 unspecified atom stereocenters. The third kappa shape index (κ3) is 3.12. The molecule has 0 saturated heterocycles. The Balaban J connectivity index is 2.15. The maximum absolute atomic E-state index is 10.8. The molecule has 5 nitrogen and oxygen atoms in total. The first-order chi connectivity index (χ1) is 8.99. The molecular weight excluding hydrogens is 314 g/mol. The van der Waals surface area contributed by atoms with E-state index in [1.54, 1.807) is 18.2 Å². The van der Waals surface area contributed by atoms with Gasteiger partial charge in [0, 0.05) is 6.20 Å². The molecule has 1 heterocycles. The van der Waals surface area contributed by atoms with Crippen molar-refractivity contribution in [3.8, 4) is 5.75 Å². The van der Waals surface area contributed by atoms with Crippen LogP contribution in [0, 0.1) is 0 Å². The smallest absolute Gasteiger partial charge is 0.357 e. The monoisotopic (exact) mass is 320 g/mol. The summed E-state index contributed by atoms with van der Waals surface area (Å²) in [6.45, 7) is -0.0591. The van der Waals surface area contributed by atoms with Crippen LogP contribution >= 0.6 is 34.8 Å². The van der Waals surface area contributed by atoms with Crippen LogP contribution in [0.25, 0.3) is 0 Å². The minimum Gasteiger partial charge on any atom is -0.476 e. The third-order valence-electron chi connectivity index (χ3n) is 2.18. The molecule has 0 radical (unpaired) electrons. The second-order valence-electron chi connectivity index (χ2n) is 3.49. The van der Waals surface area contributed by atoms with Crippen LogP contribution in [0.15, 0.2) is 24.4 Å². The van der Waals surface area contributed by atoms with Crippen LogP contribution in [0.4, 0.5) is 0 Å². The number of ether oxygens (including phenoxy) is 1. The van der Waals surface area contributed by atoms with E-state index in [1.165, 1.54) is 10.9 Å². The van der Waals surface area contributed by atoms with Crippen LogP contribution < -0.4 is 4.74 Å². The van der Waals surface area contributed by atoms with Gasteiger partial charge in [0.25, 0.3) is 0 Å². The van der Waals surface area contributed by atoms with Crippen LogP contribution in [-0.2, 0) is 6.73 Å². The molecule has 0 spiro atoms. The number of aromatic carboxylic acids is 1. The van der Waals surface area contributed by atoms with Gasteiger partial charge in [-0.3, -0.25) is 0 Å². The van der Waals surface area contributed by atoms with E-state index < -0.39 is 5.97 Å². The van der Waals surface area contributed by atoms with E-state index in [9.17, 15) is 4.79 Å². The normalized spacial score (nSPS) is 10.5. The molecule has 1 aromatic heterocycles. The molecule has 19 heavy (non-hydrogen) atoms. The van der Waals surface area contributed by atoms with E-state index in [-0.39, 0.29) is 17.4 Å². The Hall–Kier alpha value is -1.43. The number of carbonyl (C=O) groups is 1. The van der Waals surface area contributed by atoms with Crippen molar-refractivity contribution in [3.63, 3.8) is 0 Å². The van der Waals surface area contributed by atoms with E-state index in [2.05, 4.69) is 5.10 Å². The highest BCUT2D eigenvalue weighted by Crippen LogP contribution is 2.32. The minimum absolute atomic E-state index is 0.0290. The van der Waals surface area contributed by atoms with Gasteiger partial charge in [0.05, 0.1) is 15.1 Å². The van der Waals surface area contributed by atoms with Gasteiger partial charge in [-0.05, 0) is 12.1 Å². The van der Waals surface area contributed by atoms with E-state index in [4.69, 9.17) is 44.6 Å². The molecule has 1 N–H and O–H groups in total. The molecule has 2 rings (SSSR count). The summed E-state index contributed by atoms with van der Waals surface area (Å²) in [7, 11) is 0. The number of aromatic nitrogens is 2. The summed E-state index contributed by atoms with van der Waals surface area (Å²) < 4.78 is 6.63. The number of hydrogen-bond acceptors (Lipinski definition) is 3. The van der Waals surface area contributed by atoms with Gasteiger partial charge >= 0.3 is 5.97 Å². The highest BCUT2D eigenvalue weighted by atomic mass is 35.5. The van der Waals surface area contributed by atoms with Gasteiger partial charge in [0.1, 0.15) is 0 Å². The first kappa shape index (κ1) is 14.0. The standard InChI is InChI=1S/C11H7Cl3N2O3/c12-6-2-1-3-7(13)10(6)19-5-16-4-8(14)9(15-16)11(17)18/h1-4H,5H2,(H,17,18). The van der Waals surface area contributed by atoms with Crippen molar-refractivity contribution in [1.29, 1.82) is 0 Å². The predicted molar refractivity (Wildman–Crippen MR) is 71.3 cm³/mol. The van der Waals surface area contributed by atoms with Crippen molar-refractivity contribution in [1.82, 2.24) is 9.78 Å². The van der Waals surface area contributed by atoms with E-state index >= 15 is 0 Å². The lowest BCUT2D eigenvalue weighted by Crippen LogP contribution is -2.08. The first-order valence-electron chi connectivity index (χ1n) is 5.02. The molecule has 0 atom stereocenters. The summed E-state index contributed by atoms with van der Waals surface area (Å²) in [4.78, 5) is 10.8. The Bertz CT molecular complexity index is 607. The summed E-state index contributed by atoms with van der Waals surface area (Å²) >= 11 is 17.6. The number of carboxylic acids is 1. The van der Waals surface area contributed by atoms with Crippen molar-refractivity contribution in [2.75, 3.05) is 0 Å². The first-order valence-corrected chi connectivity index (χ1v) is 6.15. The zero-order chi connectivity index (χ0) is 14.0. The van der Waals surface area contributed by atoms with Crippen molar-refractivity contribution in [2.24, 2.45) is 0 Å². The number of rotatable bonds is 4. The van der Waals surface area contributed by atoms with Crippen molar-refractivity contribution < 1.29 is 14.6 Å². The SMILES string of the molecule is O=C(O)c1nn(COc2c(Cl)cccc2Cl)cc1Cl. The zero-order valence-corrected chi connectivity index (χ0v) is 11.6. The van der Waals surface area contributed by atoms with E-state index in [1.807, 2.05) is 0 Å². The molecule has 0 bridgehead atoms. The maximum atomic E-state index is 10.8. The number of benzene rings is 1. The molecule has 0 aliphatic rings. The van der Waals surface area contributed by atoms with Gasteiger partial charge in [-0.2, -0.15) is 5.10 Å². The lowest BCUT2D eigenvalue weighted by Gasteiger charge is -2.09. The third-order valence-corrected chi connectivity index (χ3v) is 3.05. The van der Waals surface area contributed by atoms with Gasteiger partial charge in [-0.1, -0.05) is 40.9 Å². The number of hydrogen-bond donors (Lipinski definition) is 1. The molecule has 1 aromatic carbocycles. The second kappa shape index (κ2) is 5.69. The predicted octanol–water partition coefficient (Wildman–Crippen LogP) is 3.58. The molecule has 0 amide bonds. The highest BCUT2D eigenvalue weighted by molar-refractivity contribution is 6.37. The quantitative estimate of drug-likeness (QED) is 0.935. The van der Waals surface area contributed by atoms with Crippen molar-refractivity contribution in [2.45, 2.75) is 6.73 Å². The summed E-state index contributed by atoms with van der Waals surface area (Å²) in [6.07, 6.45) is 1.34. The van der Waals surface area contributed by atoms with Crippen molar-refractivity contribution >= 4 is 40.8 Å². The molecular formula is C11H7Cl3N2O3. The van der Waals surface area contributed by atoms with Gasteiger partial charge in [-0.15, -0.1) is 0 Å². The molecule has 2 aromatic rings. The van der Waals surface area contributed by atoms with Gasteiger partial charge in [-0.25, -0.2) is 9.48 Å². The fourth-order valence-corrected chi connectivity index (χ4v) is 2.10. The van der Waals surface area contributed by atoms with Crippen molar-refractivity contribution in [3.05, 3.63) is 45.2 Å². The maximum Gasteiger partial charge on any atom is 0.357 e. The molecule has 100 valence electrons. The van der Waals surface area contributed by atoms with Crippen LogP contribution in [0.5, 0.6) is 5.75 Å². The Kier molecular flexibility index (Phi) is 4.19. The number of carboxylic acid groups (broad SMARTS) is 1. The van der Waals surface area contributed by atoms with Crippen LogP contribution in [0.3, 0.4) is 0 Å². The Labute approximate surface area is 123 Å². The molecule has 0 aliphatic heterocycles. The molecule has 0 fully saturated rings. The lowest BCUT2D eigenvalue weighted by atomic mass is 10.3. The minimum atomic E-state index is -1.21. The Morgan fingerprint density at radius 1 is 1.26 bits per heavy atom. The fourth-order valence-electron chi connectivity index (χ4n) is 1.36. The lowest BCUT2D eigenvalue weighted by molar-refractivity contribution is 0.0688. The van der Waals surface area contributed by atoms with Gasteiger partial charge in [0.15, 0.2) is 18.2 Å². The average Bonchev–Trinajstić information content (AvgIpc) is 2.70. The topological polar surface area (TPSA) is 64.3 Å². The Morgan fingerprint density at radius 3 is 2.42 bits per heavy atom. The number of nitrogens with zero attached hydrogens (tertiary/aromatic N) is 2. The van der Waals surface area contributed by atoms with Gasteiger partial charge < -0.3 is 9.84 Å².